The summed E-state index contributed by atoms with van der Waals surface area (Å²) in [7, 11) is 0. The molecule has 84 valence electrons. The fourth-order valence-electron chi connectivity index (χ4n) is 1.84. The molecule has 0 atom stereocenters. The molecule has 3 rings (SSSR count). The summed E-state index contributed by atoms with van der Waals surface area (Å²) in [6.07, 6.45) is 1.29. The number of fused-ring (bicyclic) bond motifs is 1. The SMILES string of the molecule is Nc1cccc2c1C(=O)N(c1ccon1)C2=O. The van der Waals surface area contributed by atoms with Gasteiger partial charge in [0.15, 0.2) is 5.82 Å². The third kappa shape index (κ3) is 1.17. The Hall–Kier alpha value is -2.63. The summed E-state index contributed by atoms with van der Waals surface area (Å²) in [5.41, 5.74) is 6.49. The lowest BCUT2D eigenvalue weighted by Gasteiger charge is -2.08. The zero-order valence-corrected chi connectivity index (χ0v) is 8.58. The first-order chi connectivity index (χ1) is 8.20. The van der Waals surface area contributed by atoms with Gasteiger partial charge in [0.05, 0.1) is 11.1 Å². The van der Waals surface area contributed by atoms with Gasteiger partial charge in [-0.25, -0.2) is 4.90 Å². The maximum absolute atomic E-state index is 12.1. The molecule has 1 aromatic carbocycles. The first-order valence-corrected chi connectivity index (χ1v) is 4.88. The molecular formula is C11H7N3O3. The molecule has 1 aliphatic rings. The van der Waals surface area contributed by atoms with E-state index in [2.05, 4.69) is 9.68 Å². The highest BCUT2D eigenvalue weighted by atomic mass is 16.5. The number of nitrogens with two attached hydrogens (primary N) is 1. The molecule has 0 radical (unpaired) electrons. The van der Waals surface area contributed by atoms with Crippen LogP contribution in [0.5, 0.6) is 0 Å². The van der Waals surface area contributed by atoms with Crippen LogP contribution in [0.25, 0.3) is 0 Å². The fraction of sp³-hybridized carbons (Fsp3) is 0. The minimum Gasteiger partial charge on any atom is -0.398 e. The summed E-state index contributed by atoms with van der Waals surface area (Å²) >= 11 is 0. The van der Waals surface area contributed by atoms with Gasteiger partial charge < -0.3 is 10.3 Å². The second-order valence-corrected chi connectivity index (χ2v) is 3.57. The van der Waals surface area contributed by atoms with E-state index in [1.165, 1.54) is 12.3 Å². The molecule has 0 spiro atoms. The van der Waals surface area contributed by atoms with Crippen LogP contribution in [0.15, 0.2) is 35.1 Å². The summed E-state index contributed by atoms with van der Waals surface area (Å²) in [5.74, 6) is -0.751. The molecule has 6 heteroatoms. The van der Waals surface area contributed by atoms with Crippen LogP contribution in [0.1, 0.15) is 20.7 Å². The topological polar surface area (TPSA) is 89.4 Å². The summed E-state index contributed by atoms with van der Waals surface area (Å²) in [6, 6.07) is 6.21. The Balaban J connectivity index is 2.19. The van der Waals surface area contributed by atoms with Gasteiger partial charge in [-0.1, -0.05) is 11.2 Å². The maximum Gasteiger partial charge on any atom is 0.269 e. The Morgan fingerprint density at radius 1 is 1.18 bits per heavy atom. The number of carbonyl (C=O) groups is 2. The molecule has 2 N–H and O–H groups in total. The molecule has 1 aliphatic heterocycles. The Kier molecular flexibility index (Phi) is 1.79. The molecule has 0 saturated carbocycles. The zero-order chi connectivity index (χ0) is 12.0. The lowest BCUT2D eigenvalue weighted by Crippen LogP contribution is -2.29. The molecule has 0 fully saturated rings. The average Bonchev–Trinajstić information content (AvgIpc) is 2.88. The highest BCUT2D eigenvalue weighted by molar-refractivity contribution is 6.35. The summed E-state index contributed by atoms with van der Waals surface area (Å²) in [5, 5.41) is 3.58. The number of rotatable bonds is 1. The van der Waals surface area contributed by atoms with Crippen molar-refractivity contribution in [2.45, 2.75) is 0 Å². The first-order valence-electron chi connectivity index (χ1n) is 4.88. The molecule has 6 nitrogen and oxygen atoms in total. The van der Waals surface area contributed by atoms with Crippen LogP contribution in [0, 0.1) is 0 Å². The highest BCUT2D eigenvalue weighted by Crippen LogP contribution is 2.30. The molecule has 2 amide bonds. The maximum atomic E-state index is 12.1. The number of carbonyl (C=O) groups excluding carboxylic acids is 2. The number of benzene rings is 1. The first kappa shape index (κ1) is 9.59. The van der Waals surface area contributed by atoms with Crippen LogP contribution >= 0.6 is 0 Å². The minimum absolute atomic E-state index is 0.163. The van der Waals surface area contributed by atoms with Crippen molar-refractivity contribution in [3.05, 3.63) is 41.7 Å². The van der Waals surface area contributed by atoms with E-state index >= 15 is 0 Å². The van der Waals surface area contributed by atoms with Crippen molar-refractivity contribution < 1.29 is 14.1 Å². The number of hydrogen-bond donors (Lipinski definition) is 1. The Labute approximate surface area is 95.6 Å². The standard InChI is InChI=1S/C11H7N3O3/c12-7-3-1-2-6-9(7)11(16)14(10(6)15)8-4-5-17-13-8/h1-5H,12H2. The summed E-state index contributed by atoms with van der Waals surface area (Å²) in [6.45, 7) is 0. The number of anilines is 2. The third-order valence-electron chi connectivity index (χ3n) is 2.60. The van der Waals surface area contributed by atoms with Gasteiger partial charge in [0.25, 0.3) is 11.8 Å². The van der Waals surface area contributed by atoms with E-state index in [-0.39, 0.29) is 22.6 Å². The molecule has 2 aromatic rings. The van der Waals surface area contributed by atoms with E-state index in [9.17, 15) is 9.59 Å². The third-order valence-corrected chi connectivity index (χ3v) is 2.60. The fourth-order valence-corrected chi connectivity index (χ4v) is 1.84. The van der Waals surface area contributed by atoms with E-state index < -0.39 is 11.8 Å². The van der Waals surface area contributed by atoms with Crippen molar-refractivity contribution in [3.8, 4) is 0 Å². The number of hydrogen-bond acceptors (Lipinski definition) is 5. The largest absolute Gasteiger partial charge is 0.398 e. The van der Waals surface area contributed by atoms with E-state index in [0.717, 1.165) is 4.90 Å². The van der Waals surface area contributed by atoms with E-state index in [1.807, 2.05) is 0 Å². The highest BCUT2D eigenvalue weighted by Gasteiger charge is 2.39. The van der Waals surface area contributed by atoms with Gasteiger partial charge in [-0.15, -0.1) is 0 Å². The number of nitrogens with zero attached hydrogens (tertiary/aromatic N) is 2. The number of nitrogen functional groups attached to an aromatic ring is 1. The summed E-state index contributed by atoms with van der Waals surface area (Å²) in [4.78, 5) is 25.0. The van der Waals surface area contributed by atoms with Crippen molar-refractivity contribution >= 4 is 23.3 Å². The van der Waals surface area contributed by atoms with E-state index in [4.69, 9.17) is 5.73 Å². The number of imide groups is 1. The van der Waals surface area contributed by atoms with Crippen molar-refractivity contribution in [2.75, 3.05) is 10.6 Å². The van der Waals surface area contributed by atoms with E-state index in [0.29, 0.717) is 0 Å². The smallest absolute Gasteiger partial charge is 0.269 e. The second kappa shape index (κ2) is 3.18. The lowest BCUT2D eigenvalue weighted by atomic mass is 10.1. The quantitative estimate of drug-likeness (QED) is 0.583. The van der Waals surface area contributed by atoms with Gasteiger partial charge in [0, 0.05) is 11.8 Å². The average molecular weight is 229 g/mol. The van der Waals surface area contributed by atoms with Crippen LogP contribution in [0.3, 0.4) is 0 Å². The molecule has 0 saturated heterocycles. The number of amides is 2. The second-order valence-electron chi connectivity index (χ2n) is 3.57. The molecule has 0 aliphatic carbocycles. The Morgan fingerprint density at radius 3 is 2.65 bits per heavy atom. The lowest BCUT2D eigenvalue weighted by molar-refractivity contribution is 0.0924. The van der Waals surface area contributed by atoms with Crippen molar-refractivity contribution in [1.29, 1.82) is 0 Å². The molecule has 1 aromatic heterocycles. The van der Waals surface area contributed by atoms with Crippen molar-refractivity contribution in [1.82, 2.24) is 5.16 Å². The minimum atomic E-state index is -0.475. The van der Waals surface area contributed by atoms with Crippen LogP contribution in [-0.4, -0.2) is 17.0 Å². The summed E-state index contributed by atoms with van der Waals surface area (Å²) < 4.78 is 4.63. The van der Waals surface area contributed by atoms with Crippen molar-refractivity contribution in [3.63, 3.8) is 0 Å². The van der Waals surface area contributed by atoms with E-state index in [1.54, 1.807) is 18.2 Å². The zero-order valence-electron chi connectivity index (χ0n) is 8.58. The van der Waals surface area contributed by atoms with Crippen LogP contribution in [0.2, 0.25) is 0 Å². The van der Waals surface area contributed by atoms with Gasteiger partial charge in [-0.2, -0.15) is 0 Å². The van der Waals surface area contributed by atoms with Gasteiger partial charge in [-0.05, 0) is 12.1 Å². The predicted molar refractivity (Wildman–Crippen MR) is 58.5 cm³/mol. The van der Waals surface area contributed by atoms with Crippen molar-refractivity contribution in [2.24, 2.45) is 0 Å². The Morgan fingerprint density at radius 2 is 2.00 bits per heavy atom. The van der Waals surface area contributed by atoms with Gasteiger partial charge in [0.1, 0.15) is 6.26 Å². The molecular weight excluding hydrogens is 222 g/mol. The van der Waals surface area contributed by atoms with Crippen LogP contribution < -0.4 is 10.6 Å². The van der Waals surface area contributed by atoms with Crippen LogP contribution in [-0.2, 0) is 0 Å². The van der Waals surface area contributed by atoms with Gasteiger partial charge >= 0.3 is 0 Å². The monoisotopic (exact) mass is 229 g/mol. The van der Waals surface area contributed by atoms with Gasteiger partial charge in [0.2, 0.25) is 0 Å². The Bertz CT molecular complexity index is 619. The van der Waals surface area contributed by atoms with Crippen LogP contribution in [0.4, 0.5) is 11.5 Å². The van der Waals surface area contributed by atoms with Gasteiger partial charge in [-0.3, -0.25) is 9.59 Å². The molecule has 0 bridgehead atoms. The normalized spacial score (nSPS) is 14.2. The molecule has 0 unspecified atom stereocenters. The predicted octanol–water partition coefficient (Wildman–Crippen LogP) is 1.06. The molecule has 2 heterocycles. The number of aromatic nitrogens is 1. The molecule has 17 heavy (non-hydrogen) atoms.